The van der Waals surface area contributed by atoms with Gasteiger partial charge in [0.1, 0.15) is 0 Å². The molecule has 134 valence electrons. The number of nitrogens with zero attached hydrogens (tertiary/aromatic N) is 2. The zero-order chi connectivity index (χ0) is 16.5. The molecule has 0 amide bonds. The molecule has 0 bridgehead atoms. The van der Waals surface area contributed by atoms with Gasteiger partial charge in [-0.2, -0.15) is 0 Å². The number of nitrogens with one attached hydrogen (secondary N) is 2. The van der Waals surface area contributed by atoms with Gasteiger partial charge in [-0.05, 0) is 30.6 Å². The lowest BCUT2D eigenvalue weighted by molar-refractivity contribution is 0.0320. The van der Waals surface area contributed by atoms with Gasteiger partial charge in [0.05, 0.1) is 13.2 Å². The number of hydrogen-bond donors (Lipinski definition) is 2. The highest BCUT2D eigenvalue weighted by atomic mass is 16.5. The molecule has 5 heteroatoms. The van der Waals surface area contributed by atoms with Crippen LogP contribution in [0.15, 0.2) is 4.99 Å². The lowest BCUT2D eigenvalue weighted by Crippen LogP contribution is -2.46. The standard InChI is InChI=1S/C18H36N4O/c1-4-18(7-5-6-8-18)15-21-17(19-3)20-13-16(2)14-22-9-11-23-12-10-22/h16H,4-15H2,1-3H3,(H2,19,20,21). The van der Waals surface area contributed by atoms with E-state index in [1.807, 2.05) is 7.05 Å². The molecular weight excluding hydrogens is 288 g/mol. The molecule has 23 heavy (non-hydrogen) atoms. The van der Waals surface area contributed by atoms with Crippen molar-refractivity contribution < 1.29 is 4.74 Å². The minimum absolute atomic E-state index is 0.497. The molecule has 1 aliphatic heterocycles. The average Bonchev–Trinajstić information content (AvgIpc) is 3.05. The summed E-state index contributed by atoms with van der Waals surface area (Å²) in [5.74, 6) is 1.57. The third kappa shape index (κ3) is 5.96. The van der Waals surface area contributed by atoms with Crippen LogP contribution in [0.5, 0.6) is 0 Å². The first-order valence-corrected chi connectivity index (χ1v) is 9.42. The molecule has 2 fully saturated rings. The van der Waals surface area contributed by atoms with Crippen LogP contribution in [0, 0.1) is 11.3 Å². The smallest absolute Gasteiger partial charge is 0.191 e. The van der Waals surface area contributed by atoms with Crippen LogP contribution in [-0.4, -0.2) is 63.8 Å². The summed E-state index contributed by atoms with van der Waals surface area (Å²) in [6.45, 7) is 11.7. The normalized spacial score (nSPS) is 23.7. The van der Waals surface area contributed by atoms with E-state index in [2.05, 4.69) is 34.4 Å². The summed E-state index contributed by atoms with van der Waals surface area (Å²) >= 11 is 0. The Morgan fingerprint density at radius 3 is 2.52 bits per heavy atom. The van der Waals surface area contributed by atoms with Crippen LogP contribution in [0.4, 0.5) is 0 Å². The van der Waals surface area contributed by atoms with E-state index >= 15 is 0 Å². The first-order chi connectivity index (χ1) is 11.2. The monoisotopic (exact) mass is 324 g/mol. The Labute approximate surface area is 142 Å². The van der Waals surface area contributed by atoms with Gasteiger partial charge in [-0.15, -0.1) is 0 Å². The fourth-order valence-corrected chi connectivity index (χ4v) is 3.83. The van der Waals surface area contributed by atoms with Gasteiger partial charge in [0.25, 0.3) is 0 Å². The molecule has 0 radical (unpaired) electrons. The summed E-state index contributed by atoms with van der Waals surface area (Å²) in [6, 6.07) is 0. The topological polar surface area (TPSA) is 48.9 Å². The zero-order valence-electron chi connectivity index (χ0n) is 15.4. The largest absolute Gasteiger partial charge is 0.379 e. The van der Waals surface area contributed by atoms with E-state index in [1.54, 1.807) is 0 Å². The Balaban J connectivity index is 1.67. The van der Waals surface area contributed by atoms with E-state index in [9.17, 15) is 0 Å². The van der Waals surface area contributed by atoms with Gasteiger partial charge in [-0.1, -0.05) is 26.7 Å². The van der Waals surface area contributed by atoms with Gasteiger partial charge in [0.2, 0.25) is 0 Å². The maximum absolute atomic E-state index is 5.41. The van der Waals surface area contributed by atoms with E-state index in [0.29, 0.717) is 11.3 Å². The maximum Gasteiger partial charge on any atom is 0.191 e. The van der Waals surface area contributed by atoms with Gasteiger partial charge in [0.15, 0.2) is 5.96 Å². The number of rotatable bonds is 7. The predicted molar refractivity (Wildman–Crippen MR) is 97.0 cm³/mol. The summed E-state index contributed by atoms with van der Waals surface area (Å²) in [5, 5.41) is 7.07. The SMILES string of the molecule is CCC1(CNC(=NC)NCC(C)CN2CCOCC2)CCCC1. The van der Waals surface area contributed by atoms with Gasteiger partial charge >= 0.3 is 0 Å². The van der Waals surface area contributed by atoms with Crippen LogP contribution in [-0.2, 0) is 4.74 Å². The molecule has 0 aromatic carbocycles. The fourth-order valence-electron chi connectivity index (χ4n) is 3.83. The Kier molecular flexibility index (Phi) is 7.63. The van der Waals surface area contributed by atoms with Crippen molar-refractivity contribution in [2.24, 2.45) is 16.3 Å². The molecule has 5 nitrogen and oxygen atoms in total. The fraction of sp³-hybridized carbons (Fsp3) is 0.944. The van der Waals surface area contributed by atoms with Crippen molar-refractivity contribution in [3.05, 3.63) is 0 Å². The van der Waals surface area contributed by atoms with Crippen LogP contribution in [0.25, 0.3) is 0 Å². The summed E-state index contributed by atoms with van der Waals surface area (Å²) in [7, 11) is 1.87. The number of guanidine groups is 1. The Bertz CT molecular complexity index is 360. The highest BCUT2D eigenvalue weighted by Crippen LogP contribution is 2.40. The molecule has 2 rings (SSSR count). The van der Waals surface area contributed by atoms with Gasteiger partial charge in [-0.25, -0.2) is 0 Å². The lowest BCUT2D eigenvalue weighted by Gasteiger charge is -2.30. The van der Waals surface area contributed by atoms with Crippen molar-refractivity contribution in [3.8, 4) is 0 Å². The molecule has 0 aromatic heterocycles. The number of hydrogen-bond acceptors (Lipinski definition) is 3. The summed E-state index contributed by atoms with van der Waals surface area (Å²) in [4.78, 5) is 6.89. The average molecular weight is 325 g/mol. The van der Waals surface area contributed by atoms with Crippen LogP contribution in [0.1, 0.15) is 46.0 Å². The second-order valence-electron chi connectivity index (χ2n) is 7.39. The van der Waals surface area contributed by atoms with E-state index in [0.717, 1.165) is 51.9 Å². The second-order valence-corrected chi connectivity index (χ2v) is 7.39. The Morgan fingerprint density at radius 2 is 1.91 bits per heavy atom. The Morgan fingerprint density at radius 1 is 1.22 bits per heavy atom. The second kappa shape index (κ2) is 9.48. The van der Waals surface area contributed by atoms with Crippen LogP contribution in [0.2, 0.25) is 0 Å². The predicted octanol–water partition coefficient (Wildman–Crippen LogP) is 2.09. The van der Waals surface area contributed by atoms with Gasteiger partial charge in [-0.3, -0.25) is 9.89 Å². The molecule has 1 unspecified atom stereocenters. The lowest BCUT2D eigenvalue weighted by atomic mass is 9.83. The van der Waals surface area contributed by atoms with Crippen molar-refractivity contribution >= 4 is 5.96 Å². The van der Waals surface area contributed by atoms with Crippen molar-refractivity contribution in [2.45, 2.75) is 46.0 Å². The van der Waals surface area contributed by atoms with Gasteiger partial charge < -0.3 is 15.4 Å². The molecular formula is C18H36N4O. The molecule has 2 N–H and O–H groups in total. The third-order valence-electron chi connectivity index (χ3n) is 5.56. The Hall–Kier alpha value is -0.810. The number of ether oxygens (including phenoxy) is 1. The highest BCUT2D eigenvalue weighted by molar-refractivity contribution is 5.79. The molecule has 0 aromatic rings. The first kappa shape index (κ1) is 18.5. The van der Waals surface area contributed by atoms with Crippen LogP contribution in [0.3, 0.4) is 0 Å². The molecule has 1 heterocycles. The molecule has 2 aliphatic rings. The van der Waals surface area contributed by atoms with E-state index in [-0.39, 0.29) is 0 Å². The quantitative estimate of drug-likeness (QED) is 0.556. The van der Waals surface area contributed by atoms with Crippen LogP contribution >= 0.6 is 0 Å². The molecule has 0 spiro atoms. The van der Waals surface area contributed by atoms with Crippen molar-refractivity contribution in [1.29, 1.82) is 0 Å². The van der Waals surface area contributed by atoms with Crippen molar-refractivity contribution in [1.82, 2.24) is 15.5 Å². The number of morpholine rings is 1. The van der Waals surface area contributed by atoms with E-state index in [1.165, 1.54) is 32.1 Å². The maximum atomic E-state index is 5.41. The highest BCUT2D eigenvalue weighted by Gasteiger charge is 2.31. The summed E-state index contributed by atoms with van der Waals surface area (Å²) in [6.07, 6.45) is 6.77. The number of aliphatic imine (C=N–C) groups is 1. The summed E-state index contributed by atoms with van der Waals surface area (Å²) in [5.41, 5.74) is 0.497. The van der Waals surface area contributed by atoms with Crippen molar-refractivity contribution in [2.75, 3.05) is 53.0 Å². The molecule has 1 saturated carbocycles. The molecule has 1 saturated heterocycles. The minimum atomic E-state index is 0.497. The van der Waals surface area contributed by atoms with E-state index in [4.69, 9.17) is 4.74 Å². The van der Waals surface area contributed by atoms with Crippen molar-refractivity contribution in [3.63, 3.8) is 0 Å². The minimum Gasteiger partial charge on any atom is -0.379 e. The van der Waals surface area contributed by atoms with Gasteiger partial charge in [0, 0.05) is 39.8 Å². The molecule has 1 atom stereocenters. The van der Waals surface area contributed by atoms with Crippen LogP contribution < -0.4 is 10.6 Å². The zero-order valence-corrected chi connectivity index (χ0v) is 15.4. The summed E-state index contributed by atoms with van der Waals surface area (Å²) < 4.78 is 5.41. The van der Waals surface area contributed by atoms with E-state index < -0.39 is 0 Å². The third-order valence-corrected chi connectivity index (χ3v) is 5.56. The molecule has 1 aliphatic carbocycles. The first-order valence-electron chi connectivity index (χ1n) is 9.42.